The van der Waals surface area contributed by atoms with Crippen LogP contribution in [0.3, 0.4) is 0 Å². The Morgan fingerprint density at radius 1 is 1.38 bits per heavy atom. The quantitative estimate of drug-likeness (QED) is 0.727. The topological polar surface area (TPSA) is 102 Å². The summed E-state index contributed by atoms with van der Waals surface area (Å²) in [6.07, 6.45) is 1.43. The van der Waals surface area contributed by atoms with E-state index in [-0.39, 0.29) is 18.7 Å². The van der Waals surface area contributed by atoms with Crippen molar-refractivity contribution in [3.05, 3.63) is 62.1 Å². The molecule has 134 valence electrons. The van der Waals surface area contributed by atoms with Gasteiger partial charge in [0.25, 0.3) is 0 Å². The lowest BCUT2D eigenvalue weighted by molar-refractivity contribution is 0.0969. The predicted molar refractivity (Wildman–Crippen MR) is 97.8 cm³/mol. The molecule has 7 heteroatoms. The fraction of sp³-hybridized carbons (Fsp3) is 0.263. The predicted octanol–water partition coefficient (Wildman–Crippen LogP) is 3.61. The van der Waals surface area contributed by atoms with Crippen LogP contribution in [0.15, 0.2) is 27.1 Å². The van der Waals surface area contributed by atoms with E-state index in [0.29, 0.717) is 28.5 Å². The van der Waals surface area contributed by atoms with E-state index in [0.717, 1.165) is 20.9 Å². The van der Waals surface area contributed by atoms with E-state index in [1.165, 1.54) is 11.3 Å². The maximum Gasteiger partial charge on any atom is 0.203 e. The van der Waals surface area contributed by atoms with Gasteiger partial charge < -0.3 is 19.8 Å². The molecule has 1 aliphatic rings. The van der Waals surface area contributed by atoms with Crippen LogP contribution in [-0.2, 0) is 6.54 Å². The molecule has 26 heavy (non-hydrogen) atoms. The van der Waals surface area contributed by atoms with Crippen LogP contribution in [-0.4, -0.2) is 16.0 Å². The van der Waals surface area contributed by atoms with Crippen molar-refractivity contribution in [2.75, 3.05) is 0 Å². The van der Waals surface area contributed by atoms with Crippen LogP contribution in [0.2, 0.25) is 0 Å². The van der Waals surface area contributed by atoms with E-state index in [4.69, 9.17) is 14.7 Å². The Kier molecular flexibility index (Phi) is 4.14. The third kappa shape index (κ3) is 2.74. The second-order valence-electron chi connectivity index (χ2n) is 6.31. The molecule has 0 radical (unpaired) electrons. The summed E-state index contributed by atoms with van der Waals surface area (Å²) in [6.45, 7) is 3.85. The highest BCUT2D eigenvalue weighted by atomic mass is 32.1. The van der Waals surface area contributed by atoms with Gasteiger partial charge in [0.05, 0.1) is 17.8 Å². The van der Waals surface area contributed by atoms with Gasteiger partial charge in [0, 0.05) is 21.7 Å². The summed E-state index contributed by atoms with van der Waals surface area (Å²) < 4.78 is 10.6. The fourth-order valence-corrected chi connectivity index (χ4v) is 4.25. The molecule has 4 rings (SSSR count). The highest BCUT2D eigenvalue weighted by molar-refractivity contribution is 7.13. The maximum atomic E-state index is 12.4. The molecule has 0 spiro atoms. The van der Waals surface area contributed by atoms with Crippen LogP contribution in [0.25, 0.3) is 11.6 Å². The van der Waals surface area contributed by atoms with Crippen molar-refractivity contribution in [2.45, 2.75) is 32.9 Å². The third-order valence-corrected chi connectivity index (χ3v) is 5.74. The highest BCUT2D eigenvalue weighted by Gasteiger charge is 2.26. The number of carbonyl (C=O) groups is 1. The molecule has 0 aromatic carbocycles. The van der Waals surface area contributed by atoms with Gasteiger partial charge in [-0.3, -0.25) is 4.79 Å². The number of fused-ring (bicyclic) bond motifs is 1. The SMILES string of the molecule is Cc1noc(C)c1C(O)c1ccc(C2=Cc3cc(CN)oc3C(=O)C2)s1. The van der Waals surface area contributed by atoms with Gasteiger partial charge in [-0.25, -0.2) is 0 Å². The molecule has 1 atom stereocenters. The van der Waals surface area contributed by atoms with Gasteiger partial charge in [-0.15, -0.1) is 11.3 Å². The smallest absolute Gasteiger partial charge is 0.203 e. The Hall–Kier alpha value is -2.48. The van der Waals surface area contributed by atoms with Crippen LogP contribution in [0, 0.1) is 13.8 Å². The molecule has 0 fully saturated rings. The highest BCUT2D eigenvalue weighted by Crippen LogP contribution is 2.38. The number of ketones is 1. The first-order valence-corrected chi connectivity index (χ1v) is 9.07. The Labute approximate surface area is 153 Å². The summed E-state index contributed by atoms with van der Waals surface area (Å²) in [7, 11) is 0. The minimum atomic E-state index is -0.798. The van der Waals surface area contributed by atoms with Crippen molar-refractivity contribution < 1.29 is 18.8 Å². The number of hydrogen-bond acceptors (Lipinski definition) is 7. The molecule has 3 heterocycles. The minimum Gasteiger partial charge on any atom is -0.456 e. The molecule has 1 unspecified atom stereocenters. The Morgan fingerprint density at radius 2 is 2.19 bits per heavy atom. The first-order chi connectivity index (χ1) is 12.5. The van der Waals surface area contributed by atoms with Crippen molar-refractivity contribution in [3.63, 3.8) is 0 Å². The van der Waals surface area contributed by atoms with Crippen molar-refractivity contribution in [1.82, 2.24) is 5.16 Å². The van der Waals surface area contributed by atoms with Gasteiger partial charge in [-0.05, 0) is 43.7 Å². The van der Waals surface area contributed by atoms with Gasteiger partial charge in [0.2, 0.25) is 5.78 Å². The van der Waals surface area contributed by atoms with E-state index < -0.39 is 6.10 Å². The number of allylic oxidation sites excluding steroid dienone is 1. The molecular formula is C19H18N2O4S. The van der Waals surface area contributed by atoms with E-state index >= 15 is 0 Å². The summed E-state index contributed by atoms with van der Waals surface area (Å²) in [5.41, 5.74) is 8.64. The van der Waals surface area contributed by atoms with Gasteiger partial charge in [-0.1, -0.05) is 5.16 Å². The van der Waals surface area contributed by atoms with Crippen LogP contribution in [0.5, 0.6) is 0 Å². The molecule has 0 saturated carbocycles. The number of nitrogens with two attached hydrogens (primary N) is 1. The van der Waals surface area contributed by atoms with E-state index in [1.807, 2.05) is 18.2 Å². The summed E-state index contributed by atoms with van der Waals surface area (Å²) in [5, 5.41) is 14.6. The molecule has 0 amide bonds. The monoisotopic (exact) mass is 370 g/mol. The summed E-state index contributed by atoms with van der Waals surface area (Å²) in [4.78, 5) is 14.1. The van der Waals surface area contributed by atoms with Crippen molar-refractivity contribution in [2.24, 2.45) is 5.73 Å². The first kappa shape index (κ1) is 17.0. The molecule has 3 N–H and O–H groups in total. The largest absolute Gasteiger partial charge is 0.456 e. The van der Waals surface area contributed by atoms with E-state index in [9.17, 15) is 9.90 Å². The Balaban J connectivity index is 1.67. The fourth-order valence-electron chi connectivity index (χ4n) is 3.23. The second-order valence-corrected chi connectivity index (χ2v) is 7.43. The molecule has 0 bridgehead atoms. The zero-order valence-corrected chi connectivity index (χ0v) is 15.2. The normalized spacial score (nSPS) is 15.1. The number of aliphatic hydroxyl groups is 1. The van der Waals surface area contributed by atoms with Crippen molar-refractivity contribution in [1.29, 1.82) is 0 Å². The number of hydrogen-bond donors (Lipinski definition) is 2. The van der Waals surface area contributed by atoms with Gasteiger partial charge >= 0.3 is 0 Å². The second kappa shape index (κ2) is 6.35. The third-order valence-electron chi connectivity index (χ3n) is 4.52. The lowest BCUT2D eigenvalue weighted by Crippen LogP contribution is -2.05. The number of carbonyl (C=O) groups excluding carboxylic acids is 1. The van der Waals surface area contributed by atoms with Crippen LogP contribution in [0.4, 0.5) is 0 Å². The van der Waals surface area contributed by atoms with Gasteiger partial charge in [0.15, 0.2) is 5.76 Å². The number of thiophene rings is 1. The van der Waals surface area contributed by atoms with Crippen LogP contribution >= 0.6 is 11.3 Å². The first-order valence-electron chi connectivity index (χ1n) is 8.25. The Morgan fingerprint density at radius 3 is 2.88 bits per heavy atom. The summed E-state index contributed by atoms with van der Waals surface area (Å²) in [6, 6.07) is 5.60. The summed E-state index contributed by atoms with van der Waals surface area (Å²) in [5.74, 6) is 1.52. The molecule has 6 nitrogen and oxygen atoms in total. The van der Waals surface area contributed by atoms with Crippen molar-refractivity contribution >= 4 is 28.8 Å². The summed E-state index contributed by atoms with van der Waals surface area (Å²) >= 11 is 1.46. The number of aliphatic hydroxyl groups excluding tert-OH is 1. The van der Waals surface area contributed by atoms with Crippen molar-refractivity contribution in [3.8, 4) is 0 Å². The van der Waals surface area contributed by atoms with Gasteiger partial charge in [0.1, 0.15) is 17.6 Å². The van der Waals surface area contributed by atoms with E-state index in [1.54, 1.807) is 19.9 Å². The average Bonchev–Trinajstić information content (AvgIpc) is 3.33. The van der Waals surface area contributed by atoms with Crippen LogP contribution < -0.4 is 5.73 Å². The average molecular weight is 370 g/mol. The molecular weight excluding hydrogens is 352 g/mol. The lowest BCUT2D eigenvalue weighted by atomic mass is 9.96. The number of furan rings is 1. The maximum absolute atomic E-state index is 12.4. The number of aryl methyl sites for hydroxylation is 2. The zero-order chi connectivity index (χ0) is 18.4. The van der Waals surface area contributed by atoms with Crippen LogP contribution in [0.1, 0.15) is 61.2 Å². The Bertz CT molecular complexity index is 1000. The molecule has 3 aromatic heterocycles. The molecule has 3 aromatic rings. The standard InChI is InChI=1S/C19H18N2O4S/c1-9-17(10(2)25-21-9)18(23)16-4-3-15(26-16)11-5-12-6-13(8-20)24-19(12)14(22)7-11/h3-6,18,23H,7-8,20H2,1-2H3. The number of rotatable bonds is 4. The zero-order valence-electron chi connectivity index (χ0n) is 14.4. The molecule has 0 aliphatic heterocycles. The number of aromatic nitrogens is 1. The molecule has 1 aliphatic carbocycles. The minimum absolute atomic E-state index is 0.0570. The number of Topliss-reactive ketones (excluding diaryl/α,β-unsaturated/α-hetero) is 1. The molecule has 0 saturated heterocycles. The number of nitrogens with zero attached hydrogens (tertiary/aromatic N) is 1. The van der Waals surface area contributed by atoms with Gasteiger partial charge in [-0.2, -0.15) is 0 Å². The lowest BCUT2D eigenvalue weighted by Gasteiger charge is -2.10. The van der Waals surface area contributed by atoms with E-state index in [2.05, 4.69) is 5.16 Å².